The standard InChI is InChI=1S/C26H30Si.Zr/c1-7-19-11-9-13-21-15-17(3)25(23(19)21)27(5,6)26-18(4)16-22-14-10-12-20(8-2)24(22)26;/h9-16H,7-8H2,1-6H3;/q-2;+2. The molecule has 28 heavy (non-hydrogen) atoms. The Bertz CT molecular complexity index is 1050. The van der Waals surface area contributed by atoms with Crippen LogP contribution < -0.4 is 10.4 Å². The van der Waals surface area contributed by atoms with Crippen molar-refractivity contribution in [2.75, 3.05) is 0 Å². The maximum atomic E-state index is 2.56. The fourth-order valence-corrected chi connectivity index (χ4v) is 9.65. The molecular weight excluding hydrogens is 432 g/mol. The van der Waals surface area contributed by atoms with E-state index in [0.29, 0.717) is 0 Å². The van der Waals surface area contributed by atoms with Crippen LogP contribution in [0.2, 0.25) is 13.1 Å². The van der Waals surface area contributed by atoms with Crippen molar-refractivity contribution in [3.63, 3.8) is 0 Å². The first-order chi connectivity index (χ1) is 12.9. The fraction of sp³-hybridized carbons (Fsp3) is 0.308. The molecule has 0 unspecified atom stereocenters. The second-order valence-corrected chi connectivity index (χ2v) is 12.7. The van der Waals surface area contributed by atoms with Gasteiger partial charge in [-0.05, 0) is 12.8 Å². The van der Waals surface area contributed by atoms with Crippen molar-refractivity contribution in [1.29, 1.82) is 0 Å². The van der Waals surface area contributed by atoms with Crippen molar-refractivity contribution in [2.45, 2.75) is 53.6 Å². The molecule has 4 rings (SSSR count). The Morgan fingerprint density at radius 3 is 1.46 bits per heavy atom. The van der Waals surface area contributed by atoms with E-state index in [0.717, 1.165) is 12.8 Å². The van der Waals surface area contributed by atoms with Gasteiger partial charge in [0.25, 0.3) is 0 Å². The zero-order valence-electron chi connectivity index (χ0n) is 18.0. The van der Waals surface area contributed by atoms with E-state index in [2.05, 4.69) is 89.3 Å². The molecule has 0 aliphatic carbocycles. The zero-order valence-corrected chi connectivity index (χ0v) is 21.5. The number of aryl methyl sites for hydroxylation is 4. The van der Waals surface area contributed by atoms with Crippen LogP contribution in [0, 0.1) is 13.8 Å². The summed E-state index contributed by atoms with van der Waals surface area (Å²) in [4.78, 5) is 0. The summed E-state index contributed by atoms with van der Waals surface area (Å²) in [5.41, 5.74) is 5.96. The van der Waals surface area contributed by atoms with E-state index in [-0.39, 0.29) is 26.2 Å². The van der Waals surface area contributed by atoms with Crippen molar-refractivity contribution in [3.05, 3.63) is 70.8 Å². The van der Waals surface area contributed by atoms with Gasteiger partial charge in [0.2, 0.25) is 0 Å². The van der Waals surface area contributed by atoms with Gasteiger partial charge in [-0.15, -0.1) is 69.1 Å². The van der Waals surface area contributed by atoms with Crippen molar-refractivity contribution in [2.24, 2.45) is 0 Å². The molecule has 0 bridgehead atoms. The van der Waals surface area contributed by atoms with Crippen LogP contribution in [0.3, 0.4) is 0 Å². The Labute approximate surface area is 189 Å². The Morgan fingerprint density at radius 2 is 1.11 bits per heavy atom. The first-order valence-electron chi connectivity index (χ1n) is 10.3. The third-order valence-electron chi connectivity index (χ3n) is 6.41. The van der Waals surface area contributed by atoms with Crippen LogP contribution >= 0.6 is 0 Å². The SMILES string of the molecule is CCc1cccc2[cH-]c(C)c([Si](C)(C)c3c(C)[cH-]c4cccc(CC)c34)c12.[Zr+2]. The molecule has 0 aromatic heterocycles. The average molecular weight is 462 g/mol. The molecule has 0 atom stereocenters. The predicted molar refractivity (Wildman–Crippen MR) is 124 cm³/mol. The molecule has 0 aliphatic rings. The van der Waals surface area contributed by atoms with E-state index in [1.54, 1.807) is 10.4 Å². The topological polar surface area (TPSA) is 0 Å². The minimum atomic E-state index is -1.86. The van der Waals surface area contributed by atoms with Gasteiger partial charge in [-0.2, -0.15) is 10.4 Å². The van der Waals surface area contributed by atoms with Gasteiger partial charge < -0.3 is 0 Å². The van der Waals surface area contributed by atoms with Gasteiger partial charge in [-0.1, -0.05) is 64.0 Å². The van der Waals surface area contributed by atoms with Crippen LogP contribution in [0.1, 0.15) is 36.1 Å². The monoisotopic (exact) mass is 460 g/mol. The second-order valence-electron chi connectivity index (χ2n) is 8.50. The third-order valence-corrected chi connectivity index (χ3v) is 10.2. The van der Waals surface area contributed by atoms with Crippen LogP contribution in [0.25, 0.3) is 21.5 Å². The van der Waals surface area contributed by atoms with Crippen LogP contribution in [0.5, 0.6) is 0 Å². The maximum Gasteiger partial charge on any atom is 2.00 e. The van der Waals surface area contributed by atoms with Crippen molar-refractivity contribution in [3.8, 4) is 0 Å². The van der Waals surface area contributed by atoms with Gasteiger partial charge in [-0.3, -0.25) is 0 Å². The predicted octanol–water partition coefficient (Wildman–Crippen LogP) is 5.99. The molecule has 0 fully saturated rings. The summed E-state index contributed by atoms with van der Waals surface area (Å²) in [7, 11) is -1.86. The summed E-state index contributed by atoms with van der Waals surface area (Å²) in [5, 5.41) is 9.22. The van der Waals surface area contributed by atoms with E-state index in [1.807, 2.05) is 0 Å². The summed E-state index contributed by atoms with van der Waals surface area (Å²) in [6.45, 7) is 14.3. The molecule has 0 nitrogen and oxygen atoms in total. The van der Waals surface area contributed by atoms with Crippen LogP contribution in [-0.2, 0) is 39.0 Å². The maximum absolute atomic E-state index is 2.56. The summed E-state index contributed by atoms with van der Waals surface area (Å²) in [6.07, 6.45) is 2.19. The van der Waals surface area contributed by atoms with Crippen LogP contribution in [0.4, 0.5) is 0 Å². The van der Waals surface area contributed by atoms with Gasteiger partial charge in [-0.25, -0.2) is 0 Å². The Hall–Kier alpha value is -1.24. The van der Waals surface area contributed by atoms with E-state index in [4.69, 9.17) is 0 Å². The summed E-state index contributed by atoms with van der Waals surface area (Å²) in [5.74, 6) is 0. The van der Waals surface area contributed by atoms with Gasteiger partial charge in [0.05, 0.1) is 0 Å². The fourth-order valence-electron chi connectivity index (χ4n) is 5.42. The van der Waals surface area contributed by atoms with Gasteiger partial charge in [0.1, 0.15) is 0 Å². The van der Waals surface area contributed by atoms with Crippen molar-refractivity contribution in [1.82, 2.24) is 0 Å². The van der Waals surface area contributed by atoms with E-state index < -0.39 is 8.07 Å². The normalized spacial score (nSPS) is 11.9. The number of hydrogen-bond donors (Lipinski definition) is 0. The molecule has 0 aliphatic heterocycles. The Balaban J connectivity index is 0.00000225. The van der Waals surface area contributed by atoms with E-state index >= 15 is 0 Å². The molecule has 0 saturated carbocycles. The first-order valence-corrected chi connectivity index (χ1v) is 13.3. The van der Waals surface area contributed by atoms with Gasteiger partial charge >= 0.3 is 26.2 Å². The molecule has 0 saturated heterocycles. The molecule has 0 spiro atoms. The molecule has 4 aromatic rings. The smallest absolute Gasteiger partial charge is 0.158 e. The van der Waals surface area contributed by atoms with Crippen molar-refractivity contribution >= 4 is 40.0 Å². The number of benzene rings is 2. The minimum Gasteiger partial charge on any atom is -0.158 e. The van der Waals surface area contributed by atoms with Gasteiger partial charge in [0.15, 0.2) is 0 Å². The van der Waals surface area contributed by atoms with Crippen LogP contribution in [-0.4, -0.2) is 8.07 Å². The van der Waals surface area contributed by atoms with Gasteiger partial charge in [0, 0.05) is 8.07 Å². The average Bonchev–Trinajstić information content (AvgIpc) is 3.17. The Kier molecular flexibility index (Phi) is 6.04. The van der Waals surface area contributed by atoms with E-state index in [9.17, 15) is 0 Å². The molecule has 2 heteroatoms. The minimum absolute atomic E-state index is 0. The summed E-state index contributed by atoms with van der Waals surface area (Å²) >= 11 is 0. The molecule has 142 valence electrons. The molecule has 0 radical (unpaired) electrons. The quantitative estimate of drug-likeness (QED) is 0.258. The zero-order chi connectivity index (χ0) is 19.3. The van der Waals surface area contributed by atoms with Crippen molar-refractivity contribution < 1.29 is 26.2 Å². The molecule has 0 heterocycles. The first kappa shape index (κ1) is 21.5. The molecule has 4 aromatic carbocycles. The third kappa shape index (κ3) is 3.14. The number of fused-ring (bicyclic) bond motifs is 2. The molecule has 0 N–H and O–H groups in total. The van der Waals surface area contributed by atoms with E-state index in [1.165, 1.54) is 43.8 Å². The van der Waals surface area contributed by atoms with Crippen LogP contribution in [0.15, 0.2) is 48.5 Å². The molecular formula is C26H30SiZr. The second kappa shape index (κ2) is 7.88. The Morgan fingerprint density at radius 1 is 0.714 bits per heavy atom. The summed E-state index contributed by atoms with van der Waals surface area (Å²) in [6, 6.07) is 18.5. The number of rotatable bonds is 4. The largest absolute Gasteiger partial charge is 2.00 e. The molecule has 0 amide bonds. The summed E-state index contributed by atoms with van der Waals surface area (Å²) < 4.78 is 0. The number of hydrogen-bond acceptors (Lipinski definition) is 0.